The topological polar surface area (TPSA) is 37.8 Å². The molecule has 0 saturated heterocycles. The van der Waals surface area contributed by atoms with Crippen molar-refractivity contribution in [3.8, 4) is 0 Å². The Kier molecular flexibility index (Phi) is 3.88. The normalized spacial score (nSPS) is 10.6. The van der Waals surface area contributed by atoms with Gasteiger partial charge in [0.15, 0.2) is 0 Å². The molecule has 16 heavy (non-hydrogen) atoms. The Morgan fingerprint density at radius 3 is 2.81 bits per heavy atom. The van der Waals surface area contributed by atoms with Gasteiger partial charge in [-0.2, -0.15) is 0 Å². The van der Waals surface area contributed by atoms with Gasteiger partial charge in [0.25, 0.3) is 0 Å². The minimum absolute atomic E-state index is 0.669. The molecule has 0 amide bonds. The zero-order valence-electron chi connectivity index (χ0n) is 8.90. The van der Waals surface area contributed by atoms with Crippen LogP contribution in [0, 0.1) is 6.92 Å². The maximum Gasteiger partial charge on any atom is 0.0798 e. The first kappa shape index (κ1) is 11.5. The van der Waals surface area contributed by atoms with E-state index in [4.69, 9.17) is 11.6 Å². The number of halogens is 1. The maximum atomic E-state index is 5.76. The molecule has 2 heterocycles. The number of aromatic nitrogens is 2. The maximum absolute atomic E-state index is 5.76. The van der Waals surface area contributed by atoms with E-state index in [1.165, 1.54) is 4.88 Å². The van der Waals surface area contributed by atoms with Gasteiger partial charge in [-0.15, -0.1) is 11.3 Å². The smallest absolute Gasteiger partial charge is 0.0798 e. The second kappa shape index (κ2) is 5.39. The Morgan fingerprint density at radius 2 is 2.19 bits per heavy atom. The molecule has 0 aliphatic heterocycles. The lowest BCUT2D eigenvalue weighted by atomic mass is 10.3. The zero-order valence-corrected chi connectivity index (χ0v) is 10.5. The Morgan fingerprint density at radius 1 is 1.31 bits per heavy atom. The molecule has 0 unspecified atom stereocenters. The van der Waals surface area contributed by atoms with Crippen molar-refractivity contribution in [2.24, 2.45) is 0 Å². The molecular formula is C11H12ClN3S. The summed E-state index contributed by atoms with van der Waals surface area (Å²) in [4.78, 5) is 9.68. The first-order valence-electron chi connectivity index (χ1n) is 4.96. The molecule has 2 aromatic rings. The van der Waals surface area contributed by atoms with E-state index in [1.54, 1.807) is 17.5 Å². The van der Waals surface area contributed by atoms with E-state index in [0.717, 1.165) is 24.5 Å². The largest absolute Gasteiger partial charge is 0.306 e. The van der Waals surface area contributed by atoms with E-state index in [2.05, 4.69) is 15.3 Å². The Bertz CT molecular complexity index is 453. The molecule has 0 aliphatic carbocycles. The highest BCUT2D eigenvalue weighted by Crippen LogP contribution is 2.11. The number of nitrogens with zero attached hydrogens (tertiary/aromatic N) is 2. The third kappa shape index (κ3) is 3.01. The van der Waals surface area contributed by atoms with E-state index >= 15 is 0 Å². The van der Waals surface area contributed by atoms with E-state index in [9.17, 15) is 0 Å². The lowest BCUT2D eigenvalue weighted by Crippen LogP contribution is -2.13. The summed E-state index contributed by atoms with van der Waals surface area (Å²) in [5, 5.41) is 4.00. The SMILES string of the molecule is Cc1ncsc1CNCc1ccc(Cl)cn1. The summed E-state index contributed by atoms with van der Waals surface area (Å²) in [6.07, 6.45) is 1.66. The molecular weight excluding hydrogens is 242 g/mol. The van der Waals surface area contributed by atoms with Crippen molar-refractivity contribution in [2.75, 3.05) is 0 Å². The van der Waals surface area contributed by atoms with Gasteiger partial charge in [-0.3, -0.25) is 4.98 Å². The summed E-state index contributed by atoms with van der Waals surface area (Å²) < 4.78 is 0. The van der Waals surface area contributed by atoms with Crippen LogP contribution >= 0.6 is 22.9 Å². The quantitative estimate of drug-likeness (QED) is 0.911. The van der Waals surface area contributed by atoms with Crippen LogP contribution in [0.4, 0.5) is 0 Å². The lowest BCUT2D eigenvalue weighted by molar-refractivity contribution is 0.683. The van der Waals surface area contributed by atoms with Crippen LogP contribution in [0.5, 0.6) is 0 Å². The molecule has 0 spiro atoms. The molecule has 2 aromatic heterocycles. The monoisotopic (exact) mass is 253 g/mol. The molecule has 5 heteroatoms. The first-order chi connectivity index (χ1) is 7.75. The highest BCUT2D eigenvalue weighted by atomic mass is 35.5. The van der Waals surface area contributed by atoms with Crippen molar-refractivity contribution >= 4 is 22.9 Å². The average molecular weight is 254 g/mol. The van der Waals surface area contributed by atoms with Gasteiger partial charge in [0.05, 0.1) is 21.9 Å². The summed E-state index contributed by atoms with van der Waals surface area (Å²) in [6, 6.07) is 3.78. The summed E-state index contributed by atoms with van der Waals surface area (Å²) in [5.74, 6) is 0. The molecule has 3 nitrogen and oxygen atoms in total. The lowest BCUT2D eigenvalue weighted by Gasteiger charge is -2.03. The predicted octanol–water partition coefficient (Wildman–Crippen LogP) is 2.79. The van der Waals surface area contributed by atoms with E-state index in [0.29, 0.717) is 5.02 Å². The van der Waals surface area contributed by atoms with Crippen LogP contribution in [0.25, 0.3) is 0 Å². The number of nitrogens with one attached hydrogen (secondary N) is 1. The van der Waals surface area contributed by atoms with Crippen LogP contribution in [0.3, 0.4) is 0 Å². The van der Waals surface area contributed by atoms with Crippen molar-refractivity contribution < 1.29 is 0 Å². The Balaban J connectivity index is 1.84. The van der Waals surface area contributed by atoms with Crippen LogP contribution in [0.1, 0.15) is 16.3 Å². The molecule has 0 aliphatic rings. The first-order valence-corrected chi connectivity index (χ1v) is 6.21. The van der Waals surface area contributed by atoms with E-state index in [-0.39, 0.29) is 0 Å². The van der Waals surface area contributed by atoms with E-state index < -0.39 is 0 Å². The molecule has 1 N–H and O–H groups in total. The van der Waals surface area contributed by atoms with Crippen molar-refractivity contribution in [1.82, 2.24) is 15.3 Å². The van der Waals surface area contributed by atoms with Gasteiger partial charge < -0.3 is 5.32 Å². The van der Waals surface area contributed by atoms with Crippen LogP contribution in [0.2, 0.25) is 5.02 Å². The number of hydrogen-bond donors (Lipinski definition) is 1. The fourth-order valence-corrected chi connectivity index (χ4v) is 2.17. The summed E-state index contributed by atoms with van der Waals surface area (Å²) >= 11 is 7.43. The molecule has 0 atom stereocenters. The molecule has 0 saturated carbocycles. The van der Waals surface area contributed by atoms with Gasteiger partial charge in [0, 0.05) is 24.2 Å². The second-order valence-corrected chi connectivity index (χ2v) is 4.81. The van der Waals surface area contributed by atoms with Gasteiger partial charge in [-0.05, 0) is 19.1 Å². The number of hydrogen-bond acceptors (Lipinski definition) is 4. The third-order valence-electron chi connectivity index (χ3n) is 2.23. The molecule has 0 bridgehead atoms. The summed E-state index contributed by atoms with van der Waals surface area (Å²) in [7, 11) is 0. The minimum Gasteiger partial charge on any atom is -0.306 e. The highest BCUT2D eigenvalue weighted by Gasteiger charge is 2.00. The van der Waals surface area contributed by atoms with Crippen molar-refractivity contribution in [3.05, 3.63) is 45.1 Å². The van der Waals surface area contributed by atoms with Crippen molar-refractivity contribution in [3.63, 3.8) is 0 Å². The fourth-order valence-electron chi connectivity index (χ4n) is 1.31. The van der Waals surface area contributed by atoms with Crippen molar-refractivity contribution in [2.45, 2.75) is 20.0 Å². The highest BCUT2D eigenvalue weighted by molar-refractivity contribution is 7.09. The van der Waals surface area contributed by atoms with Crippen LogP contribution in [-0.4, -0.2) is 9.97 Å². The van der Waals surface area contributed by atoms with Gasteiger partial charge >= 0.3 is 0 Å². The van der Waals surface area contributed by atoms with Gasteiger partial charge in [0.2, 0.25) is 0 Å². The fraction of sp³-hybridized carbons (Fsp3) is 0.273. The molecule has 0 fully saturated rings. The van der Waals surface area contributed by atoms with Crippen LogP contribution in [-0.2, 0) is 13.1 Å². The minimum atomic E-state index is 0.669. The number of thiazole rings is 1. The van der Waals surface area contributed by atoms with Crippen LogP contribution < -0.4 is 5.32 Å². The predicted molar refractivity (Wildman–Crippen MR) is 66.6 cm³/mol. The molecule has 84 valence electrons. The van der Waals surface area contributed by atoms with Crippen molar-refractivity contribution in [1.29, 1.82) is 0 Å². The molecule has 0 aromatic carbocycles. The third-order valence-corrected chi connectivity index (χ3v) is 3.38. The summed E-state index contributed by atoms with van der Waals surface area (Å²) in [6.45, 7) is 3.60. The number of aryl methyl sites for hydroxylation is 1. The zero-order chi connectivity index (χ0) is 11.4. The number of pyridine rings is 1. The van der Waals surface area contributed by atoms with Gasteiger partial charge in [-0.25, -0.2) is 4.98 Å². The van der Waals surface area contributed by atoms with Gasteiger partial charge in [-0.1, -0.05) is 11.6 Å². The number of rotatable bonds is 4. The standard InChI is InChI=1S/C11H12ClN3S/c1-8-11(16-7-15-8)6-13-5-10-3-2-9(12)4-14-10/h2-4,7,13H,5-6H2,1H3. The summed E-state index contributed by atoms with van der Waals surface area (Å²) in [5.41, 5.74) is 3.96. The Labute approximate surface area is 104 Å². The van der Waals surface area contributed by atoms with E-state index in [1.807, 2.05) is 24.6 Å². The van der Waals surface area contributed by atoms with Crippen LogP contribution in [0.15, 0.2) is 23.8 Å². The second-order valence-electron chi connectivity index (χ2n) is 3.43. The molecule has 0 radical (unpaired) electrons. The van der Waals surface area contributed by atoms with Gasteiger partial charge in [0.1, 0.15) is 0 Å². The average Bonchev–Trinajstić information content (AvgIpc) is 2.68. The Hall–Kier alpha value is -0.970. The molecule has 2 rings (SSSR count).